The van der Waals surface area contributed by atoms with Gasteiger partial charge in [-0.25, -0.2) is 4.39 Å². The zero-order valence-electron chi connectivity index (χ0n) is 10.9. The Morgan fingerprint density at radius 2 is 1.95 bits per heavy atom. The fraction of sp³-hybridized carbons (Fsp3) is 0.0667. The van der Waals surface area contributed by atoms with Crippen LogP contribution in [0.1, 0.15) is 11.1 Å². The summed E-state index contributed by atoms with van der Waals surface area (Å²) in [4.78, 5) is 0.748. The van der Waals surface area contributed by atoms with E-state index in [0.29, 0.717) is 5.02 Å². The van der Waals surface area contributed by atoms with Gasteiger partial charge in [-0.3, -0.25) is 0 Å². The van der Waals surface area contributed by atoms with Crippen LogP contribution in [0.15, 0.2) is 35.2 Å². The minimum atomic E-state index is -0.589. The van der Waals surface area contributed by atoms with Gasteiger partial charge in [-0.2, -0.15) is 10.5 Å². The lowest BCUT2D eigenvalue weighted by Crippen LogP contribution is -1.92. The molecular weight excluding hydrogens is 311 g/mol. The average molecular weight is 319 g/mol. The lowest BCUT2D eigenvalue weighted by atomic mass is 10.2. The monoisotopic (exact) mass is 318 g/mol. The van der Waals surface area contributed by atoms with Crippen LogP contribution in [-0.2, 0) is 0 Å². The first-order valence-corrected chi connectivity index (χ1v) is 7.34. The Kier molecular flexibility index (Phi) is 4.70. The van der Waals surface area contributed by atoms with Gasteiger partial charge in [-0.1, -0.05) is 11.6 Å². The van der Waals surface area contributed by atoms with Gasteiger partial charge in [-0.05, 0) is 30.5 Å². The van der Waals surface area contributed by atoms with E-state index in [4.69, 9.17) is 21.6 Å². The van der Waals surface area contributed by atoms with Crippen molar-refractivity contribution >= 4 is 23.4 Å². The fourth-order valence-electron chi connectivity index (χ4n) is 1.70. The molecule has 0 amide bonds. The van der Waals surface area contributed by atoms with Gasteiger partial charge in [0.2, 0.25) is 0 Å². The van der Waals surface area contributed by atoms with E-state index in [1.54, 1.807) is 12.1 Å². The van der Waals surface area contributed by atoms with Gasteiger partial charge in [0.1, 0.15) is 28.9 Å². The minimum Gasteiger partial charge on any atom is -0.456 e. The van der Waals surface area contributed by atoms with E-state index in [0.717, 1.165) is 17.0 Å². The highest BCUT2D eigenvalue weighted by Gasteiger charge is 2.13. The minimum absolute atomic E-state index is 0.135. The van der Waals surface area contributed by atoms with Gasteiger partial charge in [0.25, 0.3) is 0 Å². The third-order valence-corrected chi connectivity index (χ3v) is 3.91. The third-order valence-electron chi connectivity index (χ3n) is 2.63. The number of hydrogen-bond donors (Lipinski definition) is 0. The van der Waals surface area contributed by atoms with Crippen molar-refractivity contribution in [1.82, 2.24) is 0 Å². The van der Waals surface area contributed by atoms with Crippen LogP contribution in [0.25, 0.3) is 0 Å². The summed E-state index contributed by atoms with van der Waals surface area (Å²) in [7, 11) is 0. The van der Waals surface area contributed by atoms with Crippen LogP contribution < -0.4 is 4.74 Å². The highest BCUT2D eigenvalue weighted by atomic mass is 35.5. The average Bonchev–Trinajstić information content (AvgIpc) is 2.47. The first-order valence-electron chi connectivity index (χ1n) is 5.74. The molecule has 0 fully saturated rings. The van der Waals surface area contributed by atoms with Crippen molar-refractivity contribution in [1.29, 1.82) is 10.5 Å². The van der Waals surface area contributed by atoms with Gasteiger partial charge < -0.3 is 4.74 Å². The molecule has 0 aliphatic rings. The molecule has 0 spiro atoms. The number of thioether (sulfide) groups is 1. The van der Waals surface area contributed by atoms with Crippen molar-refractivity contribution in [3.63, 3.8) is 0 Å². The number of hydrogen-bond acceptors (Lipinski definition) is 4. The Bertz CT molecular complexity index is 780. The highest BCUT2D eigenvalue weighted by Crippen LogP contribution is 2.36. The van der Waals surface area contributed by atoms with Crippen molar-refractivity contribution in [3.8, 4) is 23.6 Å². The molecular formula is C15H8ClFN2OS. The molecule has 3 nitrogen and oxygen atoms in total. The van der Waals surface area contributed by atoms with Gasteiger partial charge >= 0.3 is 0 Å². The molecule has 2 aromatic rings. The molecule has 6 heteroatoms. The molecule has 0 atom stereocenters. The number of halogens is 2. The molecule has 0 N–H and O–H groups in total. The van der Waals surface area contributed by atoms with Gasteiger partial charge in [0, 0.05) is 11.0 Å². The molecule has 0 radical (unpaired) electrons. The van der Waals surface area contributed by atoms with Crippen molar-refractivity contribution in [2.75, 3.05) is 6.26 Å². The van der Waals surface area contributed by atoms with Crippen LogP contribution in [0.4, 0.5) is 4.39 Å². The van der Waals surface area contributed by atoms with E-state index >= 15 is 0 Å². The summed E-state index contributed by atoms with van der Waals surface area (Å²) in [6.45, 7) is 0. The van der Waals surface area contributed by atoms with Crippen LogP contribution in [0, 0.1) is 28.5 Å². The largest absolute Gasteiger partial charge is 0.456 e. The summed E-state index contributed by atoms with van der Waals surface area (Å²) in [5.74, 6) is -0.236. The Morgan fingerprint density at radius 1 is 1.19 bits per heavy atom. The van der Waals surface area contributed by atoms with Crippen molar-refractivity contribution in [2.45, 2.75) is 4.90 Å². The second-order valence-corrected chi connectivity index (χ2v) is 5.18. The number of nitrogens with zero attached hydrogens (tertiary/aromatic N) is 2. The van der Waals surface area contributed by atoms with Crippen LogP contribution in [-0.4, -0.2) is 6.26 Å². The normalized spacial score (nSPS) is 9.76. The van der Waals surface area contributed by atoms with E-state index in [-0.39, 0.29) is 22.6 Å². The van der Waals surface area contributed by atoms with Crippen molar-refractivity contribution < 1.29 is 9.13 Å². The number of rotatable bonds is 3. The predicted octanol–water partition coefficient (Wildman–Crippen LogP) is 4.74. The lowest BCUT2D eigenvalue weighted by molar-refractivity contribution is 0.474. The van der Waals surface area contributed by atoms with Crippen LogP contribution in [0.2, 0.25) is 5.02 Å². The summed E-state index contributed by atoms with van der Waals surface area (Å²) >= 11 is 7.53. The van der Waals surface area contributed by atoms with Crippen LogP contribution in [0.5, 0.6) is 11.5 Å². The van der Waals surface area contributed by atoms with Gasteiger partial charge in [-0.15, -0.1) is 11.8 Å². The third kappa shape index (κ3) is 3.28. The SMILES string of the molecule is CSc1ccc(Oc2cc(F)cc(C#N)c2)c(C#N)c1Cl. The Balaban J connectivity index is 2.46. The smallest absolute Gasteiger partial charge is 0.146 e. The Morgan fingerprint density at radius 3 is 2.57 bits per heavy atom. The first-order chi connectivity index (χ1) is 10.1. The van der Waals surface area contributed by atoms with Gasteiger partial charge in [0.05, 0.1) is 16.7 Å². The van der Waals surface area contributed by atoms with Crippen molar-refractivity contribution in [3.05, 3.63) is 52.3 Å². The molecule has 0 saturated heterocycles. The van der Waals surface area contributed by atoms with Crippen LogP contribution in [0.3, 0.4) is 0 Å². The van der Waals surface area contributed by atoms with E-state index in [1.807, 2.05) is 18.4 Å². The molecule has 104 valence electrons. The van der Waals surface area contributed by atoms with E-state index in [9.17, 15) is 9.65 Å². The van der Waals surface area contributed by atoms with E-state index in [1.165, 1.54) is 17.8 Å². The van der Waals surface area contributed by atoms with E-state index < -0.39 is 5.82 Å². The molecule has 0 saturated carbocycles. The van der Waals surface area contributed by atoms with Crippen LogP contribution >= 0.6 is 23.4 Å². The molecule has 2 rings (SSSR count). The Hall–Kier alpha value is -2.21. The molecule has 0 bridgehead atoms. The molecule has 21 heavy (non-hydrogen) atoms. The first kappa shape index (κ1) is 15.2. The quantitative estimate of drug-likeness (QED) is 0.767. The van der Waals surface area contributed by atoms with E-state index in [2.05, 4.69) is 0 Å². The summed E-state index contributed by atoms with van der Waals surface area (Å²) in [5.41, 5.74) is 0.307. The molecule has 0 aromatic heterocycles. The zero-order chi connectivity index (χ0) is 15.4. The summed E-state index contributed by atoms with van der Waals surface area (Å²) < 4.78 is 18.9. The zero-order valence-corrected chi connectivity index (χ0v) is 12.4. The second kappa shape index (κ2) is 6.49. The number of ether oxygens (including phenoxy) is 1. The maximum atomic E-state index is 13.4. The Labute approximate surface area is 130 Å². The molecule has 0 aliphatic carbocycles. The molecule has 0 unspecified atom stereocenters. The predicted molar refractivity (Wildman–Crippen MR) is 79.1 cm³/mol. The summed E-state index contributed by atoms with van der Waals surface area (Å²) in [5, 5.41) is 18.3. The van der Waals surface area contributed by atoms with Crippen molar-refractivity contribution in [2.24, 2.45) is 0 Å². The van der Waals surface area contributed by atoms with Gasteiger partial charge in [0.15, 0.2) is 0 Å². The maximum Gasteiger partial charge on any atom is 0.146 e. The second-order valence-electron chi connectivity index (χ2n) is 3.96. The topological polar surface area (TPSA) is 56.8 Å². The summed E-state index contributed by atoms with van der Waals surface area (Å²) in [6.07, 6.45) is 1.84. The molecule has 2 aromatic carbocycles. The number of benzene rings is 2. The number of nitriles is 2. The highest BCUT2D eigenvalue weighted by molar-refractivity contribution is 7.98. The maximum absolute atomic E-state index is 13.4. The molecule has 0 heterocycles. The fourth-order valence-corrected chi connectivity index (χ4v) is 2.61. The lowest BCUT2D eigenvalue weighted by Gasteiger charge is -2.10. The standard InChI is InChI=1S/C15H8ClFN2OS/c1-21-14-3-2-13(12(8-19)15(14)16)20-11-5-9(7-18)4-10(17)6-11/h2-6H,1H3. The molecule has 0 aliphatic heterocycles. The summed E-state index contributed by atoms with van der Waals surface area (Å²) in [6, 6.07) is 10.7.